The summed E-state index contributed by atoms with van der Waals surface area (Å²) in [6.07, 6.45) is 3.36. The lowest BCUT2D eigenvalue weighted by Gasteiger charge is -2.42. The number of aryl methyl sites for hydroxylation is 1. The summed E-state index contributed by atoms with van der Waals surface area (Å²) in [7, 11) is 0. The number of amides is 1. The summed E-state index contributed by atoms with van der Waals surface area (Å²) in [5.74, 6) is 1.05. The Kier molecular flexibility index (Phi) is 6.08. The summed E-state index contributed by atoms with van der Waals surface area (Å²) in [5, 5.41) is 7.70. The molecule has 8 heteroatoms. The zero-order valence-electron chi connectivity index (χ0n) is 17.5. The van der Waals surface area contributed by atoms with E-state index in [1.807, 2.05) is 24.8 Å². The molecule has 0 spiro atoms. The van der Waals surface area contributed by atoms with Crippen molar-refractivity contribution >= 4 is 11.7 Å². The number of halogens is 2. The molecule has 162 valence electrons. The fourth-order valence-electron chi connectivity index (χ4n) is 5.27. The SMILES string of the molecule is Cc1cc2n(n1)[C@@H](C(F)F)C[C@@H]([C@H]1CCCN(C(=O)[C@H](C)N3CCCCC3)C1)N2. The van der Waals surface area contributed by atoms with Gasteiger partial charge in [-0.15, -0.1) is 0 Å². The van der Waals surface area contributed by atoms with Gasteiger partial charge in [-0.1, -0.05) is 6.42 Å². The van der Waals surface area contributed by atoms with Crippen molar-refractivity contribution in [2.24, 2.45) is 5.92 Å². The number of likely N-dealkylation sites (tertiary alicyclic amines) is 2. The molecule has 0 aliphatic carbocycles. The first-order chi connectivity index (χ1) is 13.9. The fourth-order valence-corrected chi connectivity index (χ4v) is 5.27. The van der Waals surface area contributed by atoms with E-state index in [1.165, 1.54) is 11.1 Å². The van der Waals surface area contributed by atoms with Crippen LogP contribution >= 0.6 is 0 Å². The maximum Gasteiger partial charge on any atom is 0.260 e. The Labute approximate surface area is 171 Å². The van der Waals surface area contributed by atoms with Gasteiger partial charge in [0.2, 0.25) is 5.91 Å². The minimum atomic E-state index is -2.45. The second-order valence-corrected chi connectivity index (χ2v) is 8.96. The molecule has 0 radical (unpaired) electrons. The summed E-state index contributed by atoms with van der Waals surface area (Å²) >= 11 is 0. The monoisotopic (exact) mass is 409 g/mol. The van der Waals surface area contributed by atoms with Crippen LogP contribution in [0.1, 0.15) is 57.2 Å². The number of carbonyl (C=O) groups is 1. The van der Waals surface area contributed by atoms with Crippen molar-refractivity contribution in [2.45, 2.75) is 76.9 Å². The summed E-state index contributed by atoms with van der Waals surface area (Å²) in [5.41, 5.74) is 0.745. The van der Waals surface area contributed by atoms with Crippen LogP contribution in [-0.2, 0) is 4.79 Å². The molecule has 1 N–H and O–H groups in total. The first-order valence-corrected chi connectivity index (χ1v) is 11.1. The number of anilines is 1. The second-order valence-electron chi connectivity index (χ2n) is 8.96. The van der Waals surface area contributed by atoms with E-state index in [2.05, 4.69) is 15.3 Å². The standard InChI is InChI=1S/C21H33F2N5O/c1-14-11-19-24-17(12-18(20(22)23)28(19)25-14)16-7-6-10-27(13-16)21(29)15(2)26-8-4-3-5-9-26/h11,15-18,20,24H,3-10,12-13H2,1-2H3/t15-,16-,17-,18+/m0/s1. The number of carbonyl (C=O) groups excluding carboxylic acids is 1. The van der Waals surface area contributed by atoms with Crippen molar-refractivity contribution in [1.82, 2.24) is 19.6 Å². The number of fused-ring (bicyclic) bond motifs is 1. The van der Waals surface area contributed by atoms with Crippen molar-refractivity contribution in [1.29, 1.82) is 0 Å². The van der Waals surface area contributed by atoms with Gasteiger partial charge in [-0.2, -0.15) is 5.10 Å². The van der Waals surface area contributed by atoms with Gasteiger partial charge in [0.15, 0.2) is 0 Å². The third kappa shape index (κ3) is 4.27. The average Bonchev–Trinajstić information content (AvgIpc) is 3.12. The molecule has 6 nitrogen and oxygen atoms in total. The van der Waals surface area contributed by atoms with E-state index in [1.54, 1.807) is 0 Å². The Morgan fingerprint density at radius 1 is 1.21 bits per heavy atom. The number of piperidine rings is 2. The van der Waals surface area contributed by atoms with Crippen LogP contribution in [0.2, 0.25) is 0 Å². The molecule has 0 bridgehead atoms. The first kappa shape index (κ1) is 20.6. The van der Waals surface area contributed by atoms with Gasteiger partial charge in [0.25, 0.3) is 6.43 Å². The Morgan fingerprint density at radius 2 is 1.97 bits per heavy atom. The highest BCUT2D eigenvalue weighted by Gasteiger charge is 2.39. The summed E-state index contributed by atoms with van der Waals surface area (Å²) in [6, 6.07) is 0.791. The minimum Gasteiger partial charge on any atom is -0.367 e. The van der Waals surface area contributed by atoms with Crippen LogP contribution in [0.15, 0.2) is 6.07 Å². The predicted molar refractivity (Wildman–Crippen MR) is 108 cm³/mol. The van der Waals surface area contributed by atoms with E-state index in [9.17, 15) is 13.6 Å². The quantitative estimate of drug-likeness (QED) is 0.829. The molecule has 2 saturated heterocycles. The number of aromatic nitrogens is 2. The lowest BCUT2D eigenvalue weighted by molar-refractivity contribution is -0.138. The lowest BCUT2D eigenvalue weighted by atomic mass is 9.85. The molecule has 4 atom stereocenters. The van der Waals surface area contributed by atoms with Crippen LogP contribution in [0.3, 0.4) is 0 Å². The van der Waals surface area contributed by atoms with Gasteiger partial charge in [0, 0.05) is 25.2 Å². The molecule has 0 unspecified atom stereocenters. The molecular weight excluding hydrogens is 376 g/mol. The molecule has 3 aliphatic rings. The summed E-state index contributed by atoms with van der Waals surface area (Å²) in [6.45, 7) is 7.26. The molecule has 29 heavy (non-hydrogen) atoms. The largest absolute Gasteiger partial charge is 0.367 e. The van der Waals surface area contributed by atoms with Gasteiger partial charge in [-0.3, -0.25) is 9.69 Å². The van der Waals surface area contributed by atoms with Crippen molar-refractivity contribution < 1.29 is 13.6 Å². The van der Waals surface area contributed by atoms with Crippen LogP contribution in [0.25, 0.3) is 0 Å². The first-order valence-electron chi connectivity index (χ1n) is 11.1. The number of alkyl halides is 2. The van der Waals surface area contributed by atoms with Gasteiger partial charge in [-0.05, 0) is 65.0 Å². The Balaban J connectivity index is 1.43. The zero-order chi connectivity index (χ0) is 20.5. The lowest BCUT2D eigenvalue weighted by Crippen LogP contribution is -2.53. The normalized spacial score (nSPS) is 29.4. The molecule has 1 amide bonds. The maximum atomic E-state index is 13.7. The van der Waals surface area contributed by atoms with Gasteiger partial charge in [0.05, 0.1) is 11.7 Å². The molecule has 4 rings (SSSR count). The Bertz CT molecular complexity index is 718. The molecule has 1 aromatic heterocycles. The Hall–Kier alpha value is -1.70. The fraction of sp³-hybridized carbons (Fsp3) is 0.810. The number of hydrogen-bond donors (Lipinski definition) is 1. The van der Waals surface area contributed by atoms with E-state index in [4.69, 9.17) is 0 Å². The smallest absolute Gasteiger partial charge is 0.260 e. The van der Waals surface area contributed by atoms with Gasteiger partial charge in [0.1, 0.15) is 11.9 Å². The van der Waals surface area contributed by atoms with Crippen LogP contribution in [-0.4, -0.2) is 70.2 Å². The number of rotatable bonds is 4. The van der Waals surface area contributed by atoms with E-state index >= 15 is 0 Å². The number of nitrogens with one attached hydrogen (secondary N) is 1. The van der Waals surface area contributed by atoms with Gasteiger partial charge < -0.3 is 10.2 Å². The molecule has 4 heterocycles. The topological polar surface area (TPSA) is 53.4 Å². The van der Waals surface area contributed by atoms with Crippen molar-refractivity contribution in [3.63, 3.8) is 0 Å². The summed E-state index contributed by atoms with van der Waals surface area (Å²) < 4.78 is 28.9. The second kappa shape index (κ2) is 8.58. The summed E-state index contributed by atoms with van der Waals surface area (Å²) in [4.78, 5) is 17.4. The molecule has 1 aromatic rings. The maximum absolute atomic E-state index is 13.7. The number of hydrogen-bond acceptors (Lipinski definition) is 4. The molecule has 0 aromatic carbocycles. The van der Waals surface area contributed by atoms with Crippen LogP contribution < -0.4 is 5.32 Å². The van der Waals surface area contributed by atoms with Crippen LogP contribution in [0.5, 0.6) is 0 Å². The highest BCUT2D eigenvalue weighted by atomic mass is 19.3. The van der Waals surface area contributed by atoms with Crippen LogP contribution in [0.4, 0.5) is 14.6 Å². The predicted octanol–water partition coefficient (Wildman–Crippen LogP) is 3.29. The third-order valence-electron chi connectivity index (χ3n) is 6.93. The van der Waals surface area contributed by atoms with E-state index < -0.39 is 12.5 Å². The molecule has 2 fully saturated rings. The van der Waals surface area contributed by atoms with Crippen molar-refractivity contribution in [3.05, 3.63) is 11.8 Å². The van der Waals surface area contributed by atoms with Gasteiger partial charge in [-0.25, -0.2) is 13.5 Å². The molecule has 0 saturated carbocycles. The highest BCUT2D eigenvalue weighted by Crippen LogP contribution is 2.36. The van der Waals surface area contributed by atoms with Crippen molar-refractivity contribution in [3.8, 4) is 0 Å². The zero-order valence-corrected chi connectivity index (χ0v) is 17.5. The third-order valence-corrected chi connectivity index (χ3v) is 6.93. The molecular formula is C21H33F2N5O. The van der Waals surface area contributed by atoms with Gasteiger partial charge >= 0.3 is 0 Å². The molecule has 3 aliphatic heterocycles. The average molecular weight is 410 g/mol. The Morgan fingerprint density at radius 3 is 2.69 bits per heavy atom. The number of nitrogens with zero attached hydrogens (tertiary/aromatic N) is 4. The highest BCUT2D eigenvalue weighted by molar-refractivity contribution is 5.81. The van der Waals surface area contributed by atoms with Crippen molar-refractivity contribution in [2.75, 3.05) is 31.5 Å². The van der Waals surface area contributed by atoms with E-state index in [-0.39, 0.29) is 23.9 Å². The minimum absolute atomic E-state index is 0.0570. The van der Waals surface area contributed by atoms with E-state index in [0.29, 0.717) is 18.8 Å². The van der Waals surface area contributed by atoms with E-state index in [0.717, 1.165) is 51.0 Å². The van der Waals surface area contributed by atoms with Crippen LogP contribution in [0, 0.1) is 12.8 Å².